The Morgan fingerprint density at radius 2 is 1.95 bits per heavy atom. The van der Waals surface area contributed by atoms with Gasteiger partial charge in [-0.1, -0.05) is 6.58 Å². The summed E-state index contributed by atoms with van der Waals surface area (Å²) in [6, 6.07) is 0. The van der Waals surface area contributed by atoms with Gasteiger partial charge in [-0.05, 0) is 19.4 Å². The number of rotatable bonds is 1. The second-order valence-electron chi connectivity index (χ2n) is 7.39. The molecule has 5 rings (SSSR count). The molecule has 5 fully saturated rings. The summed E-state index contributed by atoms with van der Waals surface area (Å²) in [5.74, 6) is -2.42. The third kappa shape index (κ3) is 0.840. The first-order chi connectivity index (χ1) is 10.2. The molecule has 3 aliphatic heterocycles. The van der Waals surface area contributed by atoms with Crippen molar-refractivity contribution in [1.82, 2.24) is 0 Å². The zero-order valence-corrected chi connectivity index (χ0v) is 12.2. The number of hydrogen-bond acceptors (Lipinski definition) is 7. The molecule has 0 aromatic carbocycles. The molecule has 7 heteroatoms. The maximum Gasteiger partial charge on any atom is 0.342 e. The second-order valence-corrected chi connectivity index (χ2v) is 7.39. The third-order valence-electron chi connectivity index (χ3n) is 6.79. The fourth-order valence-electron chi connectivity index (χ4n) is 5.57. The molecule has 8 atom stereocenters. The molecule has 2 aliphatic carbocycles. The van der Waals surface area contributed by atoms with Crippen molar-refractivity contribution in [2.45, 2.75) is 55.4 Å². The van der Waals surface area contributed by atoms with Gasteiger partial charge in [-0.25, -0.2) is 4.79 Å². The molecule has 4 unspecified atom stereocenters. The van der Waals surface area contributed by atoms with E-state index in [0.717, 1.165) is 0 Å². The molecule has 0 aromatic rings. The molecule has 3 heterocycles. The Hall–Kier alpha value is -1.44. The van der Waals surface area contributed by atoms with Crippen molar-refractivity contribution in [2.24, 2.45) is 11.3 Å². The number of esters is 2. The molecule has 2 N–H and O–H groups in total. The molecular weight excluding hydrogens is 292 g/mol. The van der Waals surface area contributed by atoms with Crippen molar-refractivity contribution in [3.8, 4) is 0 Å². The van der Waals surface area contributed by atoms with E-state index in [-0.39, 0.29) is 6.42 Å². The Bertz CT molecular complexity index is 687. The van der Waals surface area contributed by atoms with E-state index in [1.54, 1.807) is 13.8 Å². The summed E-state index contributed by atoms with van der Waals surface area (Å²) in [4.78, 5) is 24.7. The Labute approximate surface area is 125 Å². The summed E-state index contributed by atoms with van der Waals surface area (Å²) in [5.41, 5.74) is -5.41. The van der Waals surface area contributed by atoms with Crippen LogP contribution in [0.25, 0.3) is 0 Å². The third-order valence-corrected chi connectivity index (χ3v) is 6.79. The first kappa shape index (κ1) is 13.0. The number of epoxide rings is 1. The van der Waals surface area contributed by atoms with Crippen molar-refractivity contribution in [2.75, 3.05) is 0 Å². The zero-order valence-electron chi connectivity index (χ0n) is 12.2. The Morgan fingerprint density at radius 3 is 2.59 bits per heavy atom. The molecular formula is C15H16O7. The first-order valence-corrected chi connectivity index (χ1v) is 7.36. The minimum Gasteiger partial charge on any atom is -0.455 e. The number of carbonyl (C=O) groups is 2. The van der Waals surface area contributed by atoms with E-state index in [4.69, 9.17) is 14.2 Å². The lowest BCUT2D eigenvalue weighted by molar-refractivity contribution is -0.237. The fraction of sp³-hybridized carbons (Fsp3) is 0.733. The van der Waals surface area contributed by atoms with E-state index < -0.39 is 58.4 Å². The van der Waals surface area contributed by atoms with Gasteiger partial charge in [0.15, 0.2) is 12.2 Å². The maximum atomic E-state index is 12.4. The monoisotopic (exact) mass is 308 g/mol. The lowest BCUT2D eigenvalue weighted by atomic mass is 9.51. The second kappa shape index (κ2) is 2.98. The number of carbonyl (C=O) groups excluding carboxylic acids is 2. The summed E-state index contributed by atoms with van der Waals surface area (Å²) in [7, 11) is 0. The Balaban J connectivity index is 1.82. The van der Waals surface area contributed by atoms with Gasteiger partial charge in [0.1, 0.15) is 17.6 Å². The van der Waals surface area contributed by atoms with Gasteiger partial charge in [0.2, 0.25) is 5.60 Å². The highest BCUT2D eigenvalue weighted by Crippen LogP contribution is 2.77. The van der Waals surface area contributed by atoms with Gasteiger partial charge in [0.05, 0.1) is 11.0 Å². The largest absolute Gasteiger partial charge is 0.455 e. The van der Waals surface area contributed by atoms with E-state index in [0.29, 0.717) is 5.57 Å². The maximum absolute atomic E-state index is 12.4. The lowest BCUT2D eigenvalue weighted by Crippen LogP contribution is -2.72. The summed E-state index contributed by atoms with van der Waals surface area (Å²) in [5, 5.41) is 22.5. The smallest absolute Gasteiger partial charge is 0.342 e. The first-order valence-electron chi connectivity index (χ1n) is 7.36. The van der Waals surface area contributed by atoms with Crippen molar-refractivity contribution < 1.29 is 34.0 Å². The normalized spacial score (nSPS) is 63.1. The molecule has 2 saturated carbocycles. The minimum absolute atomic E-state index is 0.0944. The average Bonchev–Trinajstić information content (AvgIpc) is 2.95. The van der Waals surface area contributed by atoms with E-state index >= 15 is 0 Å². The van der Waals surface area contributed by atoms with E-state index in [1.165, 1.54) is 0 Å². The molecule has 0 radical (unpaired) electrons. The number of ether oxygens (including phenoxy) is 3. The number of fused-ring (bicyclic) bond motifs is 4. The van der Waals surface area contributed by atoms with Gasteiger partial charge >= 0.3 is 11.9 Å². The zero-order chi connectivity index (χ0) is 15.9. The van der Waals surface area contributed by atoms with Crippen LogP contribution in [0.15, 0.2) is 12.2 Å². The van der Waals surface area contributed by atoms with Gasteiger partial charge in [-0.15, -0.1) is 0 Å². The molecule has 2 bridgehead atoms. The highest BCUT2D eigenvalue weighted by atomic mass is 16.7. The van der Waals surface area contributed by atoms with Gasteiger partial charge in [0.25, 0.3) is 0 Å². The van der Waals surface area contributed by atoms with Crippen LogP contribution < -0.4 is 0 Å². The molecule has 3 saturated heterocycles. The van der Waals surface area contributed by atoms with Crippen LogP contribution in [0.4, 0.5) is 0 Å². The minimum atomic E-state index is -1.75. The van der Waals surface area contributed by atoms with Crippen LogP contribution in [0.2, 0.25) is 0 Å². The predicted molar refractivity (Wildman–Crippen MR) is 68.3 cm³/mol. The average molecular weight is 308 g/mol. The molecule has 5 aliphatic rings. The lowest BCUT2D eigenvalue weighted by Gasteiger charge is -2.54. The van der Waals surface area contributed by atoms with Crippen molar-refractivity contribution in [1.29, 1.82) is 0 Å². The molecule has 22 heavy (non-hydrogen) atoms. The summed E-state index contributed by atoms with van der Waals surface area (Å²) in [6.45, 7) is 7.02. The van der Waals surface area contributed by atoms with Crippen LogP contribution in [0.1, 0.15) is 20.3 Å². The molecule has 0 amide bonds. The van der Waals surface area contributed by atoms with E-state index in [2.05, 4.69) is 6.58 Å². The quantitative estimate of drug-likeness (QED) is 0.365. The van der Waals surface area contributed by atoms with Gasteiger partial charge < -0.3 is 24.4 Å². The number of hydrogen-bond donors (Lipinski definition) is 2. The van der Waals surface area contributed by atoms with Crippen molar-refractivity contribution in [3.05, 3.63) is 12.2 Å². The SMILES string of the molecule is C=C(C)C1(O)C2OC(=O)C1C1(O)C[C@H]3O[C@]34C(=O)O[C@H]2[C@]14C. The van der Waals surface area contributed by atoms with E-state index in [9.17, 15) is 19.8 Å². The topological polar surface area (TPSA) is 106 Å². The summed E-state index contributed by atoms with van der Waals surface area (Å²) in [6.07, 6.45) is -2.42. The highest BCUT2D eigenvalue weighted by Gasteiger charge is 2.97. The molecule has 7 nitrogen and oxygen atoms in total. The summed E-state index contributed by atoms with van der Waals surface area (Å²) >= 11 is 0. The van der Waals surface area contributed by atoms with Crippen LogP contribution in [0.5, 0.6) is 0 Å². The van der Waals surface area contributed by atoms with Gasteiger partial charge in [-0.2, -0.15) is 0 Å². The van der Waals surface area contributed by atoms with Crippen LogP contribution in [-0.4, -0.2) is 57.3 Å². The van der Waals surface area contributed by atoms with Crippen LogP contribution in [0, 0.1) is 11.3 Å². The Kier molecular flexibility index (Phi) is 1.77. The molecule has 118 valence electrons. The molecule has 1 spiro atoms. The van der Waals surface area contributed by atoms with Crippen LogP contribution in [-0.2, 0) is 23.8 Å². The van der Waals surface area contributed by atoms with Gasteiger partial charge in [0, 0.05) is 6.42 Å². The van der Waals surface area contributed by atoms with Crippen molar-refractivity contribution >= 4 is 11.9 Å². The van der Waals surface area contributed by atoms with E-state index in [1.807, 2.05) is 0 Å². The standard InChI is InChI=1S/C15H16O7/c1-5(2)14(19)7-10(16)20-9(14)8-12(3)13(7,18)4-6-15(12,22-6)11(17)21-8/h6-9,18-19H,1,4H2,2-3H3/t6-,7?,8-,9?,12-,13?,14?,15+/m1/s1. The highest BCUT2D eigenvalue weighted by molar-refractivity contribution is 5.92. The predicted octanol–water partition coefficient (Wildman–Crippen LogP) is -0.947. The van der Waals surface area contributed by atoms with Gasteiger partial charge in [-0.3, -0.25) is 4.79 Å². The van der Waals surface area contributed by atoms with Crippen LogP contribution >= 0.6 is 0 Å². The summed E-state index contributed by atoms with van der Waals surface area (Å²) < 4.78 is 16.3. The fourth-order valence-corrected chi connectivity index (χ4v) is 5.57. The number of aliphatic hydroxyl groups is 2. The Morgan fingerprint density at radius 1 is 1.27 bits per heavy atom. The van der Waals surface area contributed by atoms with Crippen molar-refractivity contribution in [3.63, 3.8) is 0 Å². The molecule has 0 aromatic heterocycles. The van der Waals surface area contributed by atoms with Crippen LogP contribution in [0.3, 0.4) is 0 Å².